The molecule has 4 rings (SSSR count). The maximum Gasteiger partial charge on any atom is 1.00 e. The molecule has 39 heavy (non-hydrogen) atoms. The normalized spacial score (nSPS) is 19.4. The van der Waals surface area contributed by atoms with Gasteiger partial charge in [-0.15, -0.1) is 34.4 Å². The van der Waals surface area contributed by atoms with E-state index in [1.807, 2.05) is 0 Å². The maximum atomic E-state index is 13.1. The molecule has 14 nitrogen and oxygen atoms in total. The summed E-state index contributed by atoms with van der Waals surface area (Å²) < 4.78 is 4.51. The summed E-state index contributed by atoms with van der Waals surface area (Å²) in [7, 11) is 1.22. The molecule has 5 N–H and O–H groups in total. The standard InChI is InChI=1S/C20H19N7O7S4.Na/c1-33-11(28)2-3-35-10-7-36-17-13(16(30)27(17)14(10)18(31)32)25-15(29)12(9-6-38-20(22)24-9)26-34-4-8-5-37-19(21)23-8;/h2-3,5-6,13,17H,4,7H2,1H3,(H2,21,23)(H2,22,24)(H,25,29)(H,31,32);/q;+1/p-1/b3-2-,26-12+;/t13-,17-;/m1./s1. The first-order chi connectivity index (χ1) is 18.2. The van der Waals surface area contributed by atoms with Gasteiger partial charge in [0.2, 0.25) is 0 Å². The Morgan fingerprint density at radius 1 is 1.31 bits per heavy atom. The Morgan fingerprint density at radius 2 is 2.03 bits per heavy atom. The number of hydrogen-bond donors (Lipinski definition) is 3. The van der Waals surface area contributed by atoms with Crippen LogP contribution >= 0.6 is 46.2 Å². The summed E-state index contributed by atoms with van der Waals surface area (Å²) in [6.45, 7) is -0.0731. The summed E-state index contributed by atoms with van der Waals surface area (Å²) in [6, 6.07) is -1.14. The van der Waals surface area contributed by atoms with E-state index in [2.05, 4.69) is 24.9 Å². The number of thioether (sulfide) groups is 2. The van der Waals surface area contributed by atoms with Gasteiger partial charge in [0.1, 0.15) is 22.5 Å². The third-order valence-corrected chi connectivity index (χ3v) is 8.62. The van der Waals surface area contributed by atoms with E-state index in [0.717, 1.165) is 34.1 Å². The number of rotatable bonds is 10. The summed E-state index contributed by atoms with van der Waals surface area (Å²) in [5.74, 6) is -3.25. The molecule has 0 radical (unpaired) electrons. The van der Waals surface area contributed by atoms with Crippen LogP contribution < -0.4 is 46.1 Å². The molecule has 1 saturated heterocycles. The van der Waals surface area contributed by atoms with Crippen molar-refractivity contribution in [2.24, 2.45) is 10.1 Å². The minimum absolute atomic E-state index is 0. The van der Waals surface area contributed by atoms with Crippen LogP contribution in [0.2, 0.25) is 0 Å². The summed E-state index contributed by atoms with van der Waals surface area (Å²) >= 11 is 4.51. The number of hydrogen-bond acceptors (Lipinski definition) is 16. The number of anilines is 2. The molecule has 2 aromatic heterocycles. The summed E-state index contributed by atoms with van der Waals surface area (Å²) in [6.07, 6.45) is 1.14. The molecule has 2 aromatic rings. The van der Waals surface area contributed by atoms with Gasteiger partial charge in [0.25, 0.3) is 5.91 Å². The van der Waals surface area contributed by atoms with Crippen LogP contribution in [0.15, 0.2) is 43.0 Å². The number of amides is 1. The number of carbonyl (C=O) groups is 3. The monoisotopic (exact) mass is 619 g/mol. The Hall–Kier alpha value is -2.61. The van der Waals surface area contributed by atoms with E-state index >= 15 is 0 Å². The number of nitrogen functional groups attached to an aromatic ring is 2. The molecule has 2 aliphatic heterocycles. The second kappa shape index (κ2) is 13.6. The van der Waals surface area contributed by atoms with Gasteiger partial charge in [-0.3, -0.25) is 14.7 Å². The first-order valence-electron chi connectivity index (χ1n) is 10.4. The molecule has 2 atom stereocenters. The van der Waals surface area contributed by atoms with Gasteiger partial charge in [-0.1, -0.05) is 16.9 Å². The van der Waals surface area contributed by atoms with Crippen molar-refractivity contribution in [1.29, 1.82) is 0 Å². The number of aromatic nitrogens is 2. The Kier molecular flexibility index (Phi) is 10.8. The summed E-state index contributed by atoms with van der Waals surface area (Å²) in [5.41, 5.74) is 11.4. The number of esters is 1. The number of aliphatic imine (C=N–C) groups is 1. The SMILES string of the molecule is COC(=O)/C=C\SC1=C(C(=O)O)N2C(=O)[C@@H](N=C([O-])/C(=N/OCc3csc(N)n3)c3csc(N)n3)[C@H]2SC1.[Na+]. The number of fused-ring (bicyclic) bond motifs is 1. The average molecular weight is 620 g/mol. The van der Waals surface area contributed by atoms with E-state index in [1.165, 1.54) is 41.0 Å². The molecule has 1 amide bonds. The van der Waals surface area contributed by atoms with Gasteiger partial charge in [-0.2, -0.15) is 0 Å². The molecule has 19 heteroatoms. The van der Waals surface area contributed by atoms with Crippen molar-refractivity contribution in [3.63, 3.8) is 0 Å². The van der Waals surface area contributed by atoms with E-state index in [1.54, 1.807) is 5.38 Å². The molecule has 0 saturated carbocycles. The molecule has 1 fully saturated rings. The largest absolute Gasteiger partial charge is 1.00 e. The molecule has 0 bridgehead atoms. The van der Waals surface area contributed by atoms with Crippen molar-refractivity contribution in [2.45, 2.75) is 18.0 Å². The molecule has 0 aromatic carbocycles. The quantitative estimate of drug-likeness (QED) is 0.0475. The summed E-state index contributed by atoms with van der Waals surface area (Å²) in [5, 5.41) is 31.1. The Labute approximate surface area is 259 Å². The molecule has 4 heterocycles. The number of oxime groups is 1. The Bertz CT molecular complexity index is 1390. The predicted molar refractivity (Wildman–Crippen MR) is 142 cm³/mol. The maximum absolute atomic E-state index is 13.1. The minimum atomic E-state index is -1.32. The van der Waals surface area contributed by atoms with Gasteiger partial charge in [-0.25, -0.2) is 19.6 Å². The molecule has 0 aliphatic carbocycles. The number of methoxy groups -OCH3 is 1. The molecule has 200 valence electrons. The van der Waals surface area contributed by atoms with Crippen molar-refractivity contribution in [3.8, 4) is 0 Å². The van der Waals surface area contributed by atoms with Crippen LogP contribution in [0, 0.1) is 0 Å². The van der Waals surface area contributed by atoms with E-state index in [0.29, 0.717) is 15.7 Å². The van der Waals surface area contributed by atoms with Crippen LogP contribution in [0.25, 0.3) is 0 Å². The van der Waals surface area contributed by atoms with Crippen LogP contribution in [0.1, 0.15) is 11.4 Å². The first kappa shape index (κ1) is 30.9. The summed E-state index contributed by atoms with van der Waals surface area (Å²) in [4.78, 5) is 55.0. The number of ether oxygens (including phenoxy) is 1. The van der Waals surface area contributed by atoms with Gasteiger partial charge in [0.05, 0.1) is 12.8 Å². The number of aliphatic carboxylic acids is 1. The van der Waals surface area contributed by atoms with Crippen molar-refractivity contribution in [1.82, 2.24) is 14.9 Å². The van der Waals surface area contributed by atoms with Gasteiger partial charge in [0.15, 0.2) is 22.9 Å². The van der Waals surface area contributed by atoms with Crippen molar-refractivity contribution in [2.75, 3.05) is 24.3 Å². The first-order valence-corrected chi connectivity index (χ1v) is 14.1. The van der Waals surface area contributed by atoms with Crippen molar-refractivity contribution in [3.05, 3.63) is 44.2 Å². The second-order valence-electron chi connectivity index (χ2n) is 7.27. The van der Waals surface area contributed by atoms with E-state index in [9.17, 15) is 24.6 Å². The van der Waals surface area contributed by atoms with E-state index in [-0.39, 0.29) is 64.2 Å². The third kappa shape index (κ3) is 7.13. The van der Waals surface area contributed by atoms with Gasteiger partial charge >= 0.3 is 41.5 Å². The van der Waals surface area contributed by atoms with Crippen LogP contribution in [-0.4, -0.2) is 73.7 Å². The van der Waals surface area contributed by atoms with E-state index < -0.39 is 35.2 Å². The van der Waals surface area contributed by atoms with Gasteiger partial charge < -0.3 is 31.3 Å². The smallest absolute Gasteiger partial charge is 0.857 e. The number of nitrogens with two attached hydrogens (primary N) is 2. The fraction of sp³-hybridized carbons (Fsp3) is 0.250. The number of carbonyl (C=O) groups excluding carboxylic acids is 2. The minimum Gasteiger partial charge on any atom is -0.857 e. The zero-order valence-electron chi connectivity index (χ0n) is 20.3. The average Bonchev–Trinajstić information content (AvgIpc) is 3.51. The Balaban J connectivity index is 0.00000420. The predicted octanol–water partition coefficient (Wildman–Crippen LogP) is -2.55. The number of nitrogens with zero attached hydrogens (tertiary/aromatic N) is 5. The van der Waals surface area contributed by atoms with Crippen LogP contribution in [0.3, 0.4) is 0 Å². The second-order valence-corrected chi connectivity index (χ2v) is 11.2. The number of carboxylic acids is 1. The molecule has 0 spiro atoms. The molecule has 0 unspecified atom stereocenters. The van der Waals surface area contributed by atoms with Crippen LogP contribution in [-0.2, 0) is 30.6 Å². The zero-order valence-corrected chi connectivity index (χ0v) is 25.6. The third-order valence-electron chi connectivity index (χ3n) is 4.88. The van der Waals surface area contributed by atoms with Gasteiger partial charge in [0, 0.05) is 33.4 Å². The number of thiazole rings is 2. The van der Waals surface area contributed by atoms with Crippen LogP contribution in [0.4, 0.5) is 10.3 Å². The van der Waals surface area contributed by atoms with E-state index in [4.69, 9.17) is 16.3 Å². The fourth-order valence-corrected chi connectivity index (χ4v) is 6.61. The Morgan fingerprint density at radius 3 is 2.64 bits per heavy atom. The van der Waals surface area contributed by atoms with Crippen molar-refractivity contribution >= 4 is 85.9 Å². The number of carboxylic acid groups (broad SMARTS) is 1. The number of β-lactam (4-membered cyclic amide) rings is 1. The molecular weight excluding hydrogens is 602 g/mol. The zero-order chi connectivity index (χ0) is 27.4. The fourth-order valence-electron chi connectivity index (χ4n) is 3.22. The molecular formula is C20H18N7NaO7S4. The molecule has 2 aliphatic rings. The van der Waals surface area contributed by atoms with Gasteiger partial charge in [-0.05, 0) is 5.41 Å². The topological polar surface area (TPSA) is 219 Å². The van der Waals surface area contributed by atoms with Crippen molar-refractivity contribution < 1.29 is 63.7 Å². The van der Waals surface area contributed by atoms with Crippen LogP contribution in [0.5, 0.6) is 0 Å².